The number of ketones is 1. The number of allylic oxidation sites excluding steroid dienone is 1. The van der Waals surface area contributed by atoms with Crippen LogP contribution in [0.15, 0.2) is 30.3 Å². The molecule has 5 heteroatoms. The summed E-state index contributed by atoms with van der Waals surface area (Å²) in [6.07, 6.45) is 4.74. The van der Waals surface area contributed by atoms with E-state index in [1.54, 1.807) is 0 Å². The maximum atomic E-state index is 12.5. The van der Waals surface area contributed by atoms with Crippen LogP contribution in [-0.4, -0.2) is 24.4 Å². The second-order valence-electron chi connectivity index (χ2n) is 6.83. The van der Waals surface area contributed by atoms with Crippen LogP contribution in [0.3, 0.4) is 0 Å². The number of carbonyl (C=O) groups excluding carboxylic acids is 1. The third-order valence-corrected chi connectivity index (χ3v) is 4.44. The normalized spacial score (nSPS) is 21.4. The number of rotatable bonds is 2. The van der Waals surface area contributed by atoms with Gasteiger partial charge in [-0.3, -0.25) is 4.79 Å². The summed E-state index contributed by atoms with van der Waals surface area (Å²) in [5.41, 5.74) is 3.49. The summed E-state index contributed by atoms with van der Waals surface area (Å²) < 4.78 is 0. The number of nitrogens with one attached hydrogen (secondary N) is 2. The molecule has 2 heterocycles. The number of benzene rings is 1. The summed E-state index contributed by atoms with van der Waals surface area (Å²) in [6, 6.07) is 8.40. The Balaban J connectivity index is 0.00000132. The molecule has 0 unspecified atom stereocenters. The van der Waals surface area contributed by atoms with E-state index >= 15 is 0 Å². The van der Waals surface area contributed by atoms with Crippen LogP contribution in [0, 0.1) is 5.92 Å². The maximum Gasteiger partial charge on any atom is 0.160 e. The number of carbonyl (C=O) groups is 1. The van der Waals surface area contributed by atoms with Gasteiger partial charge in [-0.05, 0) is 51.8 Å². The highest BCUT2D eigenvalue weighted by Crippen LogP contribution is 2.30. The van der Waals surface area contributed by atoms with Crippen LogP contribution >= 0.6 is 24.8 Å². The van der Waals surface area contributed by atoms with Crippen LogP contribution in [-0.2, 0) is 11.2 Å². The molecule has 3 nitrogen and oxygen atoms in total. The molecule has 1 aromatic rings. The molecule has 128 valence electrons. The Morgan fingerprint density at radius 2 is 1.83 bits per heavy atom. The fourth-order valence-electron chi connectivity index (χ4n) is 3.37. The Bertz CT molecular complexity index is 578. The van der Waals surface area contributed by atoms with Gasteiger partial charge in [0.05, 0.1) is 0 Å². The van der Waals surface area contributed by atoms with Crippen molar-refractivity contribution in [1.82, 2.24) is 10.6 Å². The van der Waals surface area contributed by atoms with Crippen LogP contribution in [0.2, 0.25) is 0 Å². The molecule has 2 N–H and O–H groups in total. The summed E-state index contributed by atoms with van der Waals surface area (Å²) in [4.78, 5) is 12.5. The molecule has 2 aliphatic heterocycles. The van der Waals surface area contributed by atoms with Gasteiger partial charge in [0.1, 0.15) is 0 Å². The van der Waals surface area contributed by atoms with E-state index in [-0.39, 0.29) is 42.1 Å². The third kappa shape index (κ3) is 4.72. The molecule has 0 saturated carbocycles. The van der Waals surface area contributed by atoms with Gasteiger partial charge in [0.2, 0.25) is 0 Å². The monoisotopic (exact) mass is 356 g/mol. The molecule has 1 aromatic carbocycles. The van der Waals surface area contributed by atoms with Gasteiger partial charge in [0.15, 0.2) is 5.78 Å². The van der Waals surface area contributed by atoms with Gasteiger partial charge in [0, 0.05) is 28.8 Å². The average Bonchev–Trinajstić information content (AvgIpc) is 2.47. The first kappa shape index (κ1) is 20.0. The Morgan fingerprint density at radius 3 is 2.52 bits per heavy atom. The minimum Gasteiger partial charge on any atom is -0.379 e. The third-order valence-electron chi connectivity index (χ3n) is 4.44. The minimum absolute atomic E-state index is 0. The second-order valence-corrected chi connectivity index (χ2v) is 6.83. The van der Waals surface area contributed by atoms with Gasteiger partial charge in [-0.2, -0.15) is 0 Å². The van der Waals surface area contributed by atoms with Crippen molar-refractivity contribution in [2.24, 2.45) is 5.92 Å². The Labute approximate surface area is 151 Å². The number of hydrogen-bond donors (Lipinski definition) is 2. The van der Waals surface area contributed by atoms with E-state index < -0.39 is 0 Å². The van der Waals surface area contributed by atoms with E-state index in [1.807, 2.05) is 12.1 Å². The highest BCUT2D eigenvalue weighted by molar-refractivity contribution is 5.98. The molecule has 0 spiro atoms. The molecule has 23 heavy (non-hydrogen) atoms. The molecular formula is C18H26Cl2N2O. The van der Waals surface area contributed by atoms with Crippen LogP contribution in [0.5, 0.6) is 0 Å². The van der Waals surface area contributed by atoms with Crippen molar-refractivity contribution >= 4 is 36.3 Å². The summed E-state index contributed by atoms with van der Waals surface area (Å²) in [5.74, 6) is 0.448. The summed E-state index contributed by atoms with van der Waals surface area (Å²) >= 11 is 0. The number of hydrogen-bond acceptors (Lipinski definition) is 3. The van der Waals surface area contributed by atoms with E-state index in [4.69, 9.17) is 0 Å². The highest BCUT2D eigenvalue weighted by atomic mass is 35.5. The van der Waals surface area contributed by atoms with E-state index in [0.717, 1.165) is 38.0 Å². The van der Waals surface area contributed by atoms with Gasteiger partial charge in [-0.25, -0.2) is 0 Å². The van der Waals surface area contributed by atoms with Crippen LogP contribution in [0.1, 0.15) is 37.8 Å². The van der Waals surface area contributed by atoms with Gasteiger partial charge in [0.25, 0.3) is 0 Å². The molecule has 0 radical (unpaired) electrons. The van der Waals surface area contributed by atoms with Crippen molar-refractivity contribution in [1.29, 1.82) is 0 Å². The first-order valence-corrected chi connectivity index (χ1v) is 7.88. The van der Waals surface area contributed by atoms with Crippen molar-refractivity contribution in [3.63, 3.8) is 0 Å². The lowest BCUT2D eigenvalue weighted by Gasteiger charge is -2.35. The molecule has 0 atom stereocenters. The van der Waals surface area contributed by atoms with E-state index in [9.17, 15) is 4.79 Å². The zero-order valence-corrected chi connectivity index (χ0v) is 15.4. The van der Waals surface area contributed by atoms with Gasteiger partial charge in [-0.15, -0.1) is 24.8 Å². The summed E-state index contributed by atoms with van der Waals surface area (Å²) in [6.45, 7) is 6.28. The molecule has 0 bridgehead atoms. The first-order chi connectivity index (χ1) is 10.1. The lowest BCUT2D eigenvalue weighted by Crippen LogP contribution is -2.44. The van der Waals surface area contributed by atoms with Crippen molar-refractivity contribution in [2.75, 3.05) is 13.1 Å². The molecule has 1 fully saturated rings. The second kappa shape index (κ2) is 8.18. The predicted octanol–water partition coefficient (Wildman–Crippen LogP) is 3.36. The van der Waals surface area contributed by atoms with E-state index in [1.165, 1.54) is 11.1 Å². The van der Waals surface area contributed by atoms with Crippen molar-refractivity contribution in [2.45, 2.75) is 38.6 Å². The Morgan fingerprint density at radius 1 is 1.17 bits per heavy atom. The van der Waals surface area contributed by atoms with Crippen LogP contribution in [0.4, 0.5) is 0 Å². The highest BCUT2D eigenvalue weighted by Gasteiger charge is 2.28. The Kier molecular flexibility index (Phi) is 7.12. The zero-order valence-electron chi connectivity index (χ0n) is 13.7. The lowest BCUT2D eigenvalue weighted by atomic mass is 9.84. The lowest BCUT2D eigenvalue weighted by molar-refractivity contribution is -0.118. The molecule has 0 aromatic heterocycles. The van der Waals surface area contributed by atoms with Crippen molar-refractivity contribution in [3.8, 4) is 0 Å². The van der Waals surface area contributed by atoms with Gasteiger partial charge < -0.3 is 10.6 Å². The number of piperidine rings is 1. The molecule has 0 amide bonds. The van der Waals surface area contributed by atoms with Crippen molar-refractivity contribution in [3.05, 3.63) is 41.5 Å². The van der Waals surface area contributed by atoms with E-state index in [0.29, 0.717) is 0 Å². The van der Waals surface area contributed by atoms with Gasteiger partial charge in [-0.1, -0.05) is 24.3 Å². The van der Waals surface area contributed by atoms with Crippen molar-refractivity contribution < 1.29 is 4.79 Å². The first-order valence-electron chi connectivity index (χ1n) is 7.88. The Hall–Kier alpha value is -1.03. The fraction of sp³-hybridized carbons (Fsp3) is 0.500. The van der Waals surface area contributed by atoms with E-state index in [2.05, 4.69) is 42.7 Å². The SMILES string of the molecule is CC1(C)Cc2ccccc2C(=CC(=O)C2CCNCC2)N1.Cl.Cl. The molecule has 2 aliphatic rings. The summed E-state index contributed by atoms with van der Waals surface area (Å²) in [5, 5.41) is 6.86. The largest absolute Gasteiger partial charge is 0.379 e. The average molecular weight is 357 g/mol. The topological polar surface area (TPSA) is 41.1 Å². The number of fused-ring (bicyclic) bond motifs is 1. The van der Waals surface area contributed by atoms with Gasteiger partial charge >= 0.3 is 0 Å². The molecule has 1 saturated heterocycles. The standard InChI is InChI=1S/C18H24N2O.2ClH/c1-18(2)12-14-5-3-4-6-15(14)16(20-18)11-17(21)13-7-9-19-10-8-13;;/h3-6,11,13,19-20H,7-10,12H2,1-2H3;2*1H. The van der Waals surface area contributed by atoms with Crippen LogP contribution in [0.25, 0.3) is 5.70 Å². The summed E-state index contributed by atoms with van der Waals surface area (Å²) in [7, 11) is 0. The zero-order chi connectivity index (χ0) is 14.9. The number of halogens is 2. The molecular weight excluding hydrogens is 331 g/mol. The minimum atomic E-state index is -0.00537. The molecule has 3 rings (SSSR count). The fourth-order valence-corrected chi connectivity index (χ4v) is 3.37. The maximum absolute atomic E-state index is 12.5. The predicted molar refractivity (Wildman–Crippen MR) is 100 cm³/mol. The quantitative estimate of drug-likeness (QED) is 0.798. The molecule has 0 aliphatic carbocycles. The smallest absolute Gasteiger partial charge is 0.160 e. The van der Waals surface area contributed by atoms with Crippen LogP contribution < -0.4 is 10.6 Å².